The second-order valence-corrected chi connectivity index (χ2v) is 11.8. The monoisotopic (exact) mass is 536 g/mol. The zero-order valence-corrected chi connectivity index (χ0v) is 23.4. The van der Waals surface area contributed by atoms with Crippen LogP contribution in [0, 0.1) is 6.92 Å². The van der Waals surface area contributed by atoms with Crippen molar-refractivity contribution in [2.45, 2.75) is 19.4 Å². The fourth-order valence-electron chi connectivity index (χ4n) is 7.60. The van der Waals surface area contributed by atoms with Crippen LogP contribution in [-0.2, 0) is 6.42 Å². The molecule has 0 amide bonds. The van der Waals surface area contributed by atoms with Gasteiger partial charge >= 0.3 is 0 Å². The lowest BCUT2D eigenvalue weighted by atomic mass is 9.85. The Morgan fingerprint density at radius 1 is 0.595 bits per heavy atom. The normalized spacial score (nSPS) is 17.9. The van der Waals surface area contributed by atoms with Crippen molar-refractivity contribution < 1.29 is 5.11 Å². The smallest absolute Gasteiger partial charge is 0.0993 e. The minimum absolute atomic E-state index is 0.764. The van der Waals surface area contributed by atoms with Gasteiger partial charge in [-0.15, -0.1) is 0 Å². The average molecular weight is 537 g/mol. The van der Waals surface area contributed by atoms with Crippen molar-refractivity contribution in [3.8, 4) is 33.4 Å². The number of benzene rings is 6. The van der Waals surface area contributed by atoms with Crippen LogP contribution in [0.25, 0.3) is 61.4 Å². The minimum Gasteiger partial charge on any atom is -0.384 e. The molecule has 6 aromatic rings. The van der Waals surface area contributed by atoms with E-state index in [-0.39, 0.29) is 0 Å². The van der Waals surface area contributed by atoms with Crippen molar-refractivity contribution in [2.75, 3.05) is 0 Å². The maximum absolute atomic E-state index is 12.1. The van der Waals surface area contributed by atoms with Crippen molar-refractivity contribution in [1.82, 2.24) is 0 Å². The molecule has 0 heterocycles. The van der Waals surface area contributed by atoms with E-state index in [1.807, 2.05) is 0 Å². The largest absolute Gasteiger partial charge is 0.384 e. The van der Waals surface area contributed by atoms with E-state index in [1.54, 1.807) is 0 Å². The maximum Gasteiger partial charge on any atom is 0.0993 e. The zero-order chi connectivity index (χ0) is 27.9. The highest BCUT2D eigenvalue weighted by Gasteiger charge is 2.28. The van der Waals surface area contributed by atoms with Gasteiger partial charge in [-0.3, -0.25) is 0 Å². The first-order valence-electron chi connectivity index (χ1n) is 14.8. The van der Waals surface area contributed by atoms with E-state index in [1.165, 1.54) is 66.1 Å². The third-order valence-electron chi connectivity index (χ3n) is 9.36. The Kier molecular flexibility index (Phi) is 4.94. The highest BCUT2D eigenvalue weighted by atomic mass is 16.3. The van der Waals surface area contributed by atoms with E-state index in [0.717, 1.165) is 33.9 Å². The summed E-state index contributed by atoms with van der Waals surface area (Å²) in [5, 5.41) is 17.1. The van der Waals surface area contributed by atoms with Gasteiger partial charge < -0.3 is 5.11 Å². The molecule has 0 aliphatic heterocycles. The third-order valence-corrected chi connectivity index (χ3v) is 9.36. The summed E-state index contributed by atoms with van der Waals surface area (Å²) in [5.41, 5.74) is 15.6. The van der Waals surface area contributed by atoms with Gasteiger partial charge in [0, 0.05) is 5.57 Å². The summed E-state index contributed by atoms with van der Waals surface area (Å²) < 4.78 is 0. The van der Waals surface area contributed by atoms with Crippen molar-refractivity contribution in [2.24, 2.45) is 0 Å². The summed E-state index contributed by atoms with van der Waals surface area (Å²) in [7, 11) is 0. The van der Waals surface area contributed by atoms with Crippen molar-refractivity contribution >= 4 is 28.0 Å². The summed E-state index contributed by atoms with van der Waals surface area (Å²) in [5.74, 6) is 0. The molecule has 1 heteroatoms. The quantitative estimate of drug-likeness (QED) is 0.227. The van der Waals surface area contributed by atoms with Crippen LogP contribution in [0.3, 0.4) is 0 Å². The molecule has 0 fully saturated rings. The number of fused-ring (bicyclic) bond motifs is 7. The van der Waals surface area contributed by atoms with Crippen LogP contribution < -0.4 is 10.4 Å². The minimum atomic E-state index is -0.764. The lowest BCUT2D eigenvalue weighted by Crippen LogP contribution is -2.30. The topological polar surface area (TPSA) is 20.2 Å². The summed E-state index contributed by atoms with van der Waals surface area (Å²) in [6.07, 6.45) is 4.50. The van der Waals surface area contributed by atoms with Crippen LogP contribution in [0.1, 0.15) is 27.8 Å². The van der Waals surface area contributed by atoms with Crippen molar-refractivity contribution in [3.05, 3.63) is 160 Å². The molecule has 0 saturated heterocycles. The summed E-state index contributed by atoms with van der Waals surface area (Å²) >= 11 is 0. The van der Waals surface area contributed by atoms with Gasteiger partial charge in [0.25, 0.3) is 0 Å². The molecule has 3 aliphatic carbocycles. The Balaban J connectivity index is 1.38. The van der Waals surface area contributed by atoms with E-state index < -0.39 is 6.10 Å². The van der Waals surface area contributed by atoms with Gasteiger partial charge in [-0.2, -0.15) is 0 Å². The van der Waals surface area contributed by atoms with Gasteiger partial charge in [0.2, 0.25) is 0 Å². The molecular weight excluding hydrogens is 508 g/mol. The summed E-state index contributed by atoms with van der Waals surface area (Å²) in [6, 6.07) is 41.7. The molecule has 9 rings (SSSR count). The number of hydrogen-bond acceptors (Lipinski definition) is 1. The van der Waals surface area contributed by atoms with Crippen LogP contribution in [0.5, 0.6) is 0 Å². The highest BCUT2D eigenvalue weighted by molar-refractivity contribution is 6.16. The molecule has 0 bridgehead atoms. The molecule has 1 nitrogen and oxygen atoms in total. The van der Waals surface area contributed by atoms with E-state index in [4.69, 9.17) is 0 Å². The molecule has 42 heavy (non-hydrogen) atoms. The third kappa shape index (κ3) is 3.29. The van der Waals surface area contributed by atoms with Gasteiger partial charge in [-0.1, -0.05) is 109 Å². The van der Waals surface area contributed by atoms with Gasteiger partial charge in [-0.05, 0) is 120 Å². The van der Waals surface area contributed by atoms with Gasteiger partial charge in [0.1, 0.15) is 0 Å². The fraction of sp³-hybridized carbons (Fsp3) is 0.0732. The van der Waals surface area contributed by atoms with Crippen LogP contribution in [-0.4, -0.2) is 11.2 Å². The SMILES string of the molecule is Cc1cc2c3c(cccc3c1)-c1cc3c(cc1-2)C/C=c1/cccc2c1=C(c1ccccc1-2)C(O)/C=C\3c1ccccc1. The number of aryl methyl sites for hydroxylation is 1. The molecule has 1 N–H and O–H groups in total. The lowest BCUT2D eigenvalue weighted by molar-refractivity contribution is 0.280. The van der Waals surface area contributed by atoms with Crippen LogP contribution in [0.2, 0.25) is 0 Å². The Bertz CT molecular complexity index is 2290. The average Bonchev–Trinajstić information content (AvgIpc) is 3.52. The Morgan fingerprint density at radius 2 is 1.33 bits per heavy atom. The molecule has 0 spiro atoms. The van der Waals surface area contributed by atoms with E-state index in [0.29, 0.717) is 0 Å². The standard InChI is InChI=1S/C41H28O/c1-24-19-28-12-8-16-32-36-22-33-27(21-35(36)37(20-24)39(28)32)18-17-26-11-7-15-30-29-13-5-6-14-31(29)41(40(26)30)38(42)23-34(33)25-9-3-2-4-10-25/h2-17,19-23,38,42H,18H2,1H3/b26-17-,34-23-. The van der Waals surface area contributed by atoms with E-state index >= 15 is 0 Å². The first kappa shape index (κ1) is 23.7. The van der Waals surface area contributed by atoms with E-state index in [9.17, 15) is 5.11 Å². The molecule has 6 aromatic carbocycles. The van der Waals surface area contributed by atoms with Crippen molar-refractivity contribution in [1.29, 1.82) is 0 Å². The fourth-order valence-corrected chi connectivity index (χ4v) is 7.60. The predicted molar refractivity (Wildman–Crippen MR) is 174 cm³/mol. The molecule has 0 saturated carbocycles. The van der Waals surface area contributed by atoms with Gasteiger partial charge in [-0.25, -0.2) is 0 Å². The molecule has 198 valence electrons. The van der Waals surface area contributed by atoms with Crippen LogP contribution in [0.4, 0.5) is 0 Å². The van der Waals surface area contributed by atoms with Crippen LogP contribution >= 0.6 is 0 Å². The maximum atomic E-state index is 12.1. The Morgan fingerprint density at radius 3 is 2.21 bits per heavy atom. The summed E-state index contributed by atoms with van der Waals surface area (Å²) in [4.78, 5) is 0. The molecule has 0 radical (unpaired) electrons. The number of rotatable bonds is 1. The second kappa shape index (κ2) is 8.76. The number of hydrogen-bond donors (Lipinski definition) is 1. The first-order chi connectivity index (χ1) is 20.7. The van der Waals surface area contributed by atoms with E-state index in [2.05, 4.69) is 134 Å². The van der Waals surface area contributed by atoms with Crippen LogP contribution in [0.15, 0.2) is 121 Å². The number of aliphatic hydroxyl groups is 1. The number of aliphatic hydroxyl groups excluding tert-OH is 1. The highest BCUT2D eigenvalue weighted by Crippen LogP contribution is 2.50. The predicted octanol–water partition coefficient (Wildman–Crippen LogP) is 7.80. The molecule has 0 aromatic heterocycles. The first-order valence-corrected chi connectivity index (χ1v) is 14.8. The molecule has 1 unspecified atom stereocenters. The molecule has 3 aliphatic rings. The Hall–Kier alpha value is -4.98. The lowest BCUT2D eigenvalue weighted by Gasteiger charge is -2.20. The summed E-state index contributed by atoms with van der Waals surface area (Å²) in [6.45, 7) is 2.19. The Labute approximate surface area is 245 Å². The molecular formula is C41H28O. The zero-order valence-electron chi connectivity index (χ0n) is 23.4. The molecule has 1 atom stereocenters. The second-order valence-electron chi connectivity index (χ2n) is 11.8. The van der Waals surface area contributed by atoms with Gasteiger partial charge in [0.05, 0.1) is 6.10 Å². The van der Waals surface area contributed by atoms with Crippen molar-refractivity contribution in [3.63, 3.8) is 0 Å². The van der Waals surface area contributed by atoms with Gasteiger partial charge in [0.15, 0.2) is 0 Å².